The van der Waals surface area contributed by atoms with Crippen LogP contribution in [0.25, 0.3) is 0 Å². The molecule has 31 heavy (non-hydrogen) atoms. The van der Waals surface area contributed by atoms with Crippen LogP contribution in [-0.2, 0) is 16.1 Å². The molecular weight excluding hydrogens is 422 g/mol. The summed E-state index contributed by atoms with van der Waals surface area (Å²) in [5, 5.41) is 10.0. The van der Waals surface area contributed by atoms with Gasteiger partial charge in [0.05, 0.1) is 12.7 Å². The molecule has 174 valence electrons. The summed E-state index contributed by atoms with van der Waals surface area (Å²) in [7, 11) is 3.46. The molecule has 0 saturated carbocycles. The lowest BCUT2D eigenvalue weighted by molar-refractivity contribution is -0.192. The number of carboxylic acid groups (broad SMARTS) is 1. The average Bonchev–Trinajstić information content (AvgIpc) is 3.08. The predicted octanol–water partition coefficient (Wildman–Crippen LogP) is 2.57. The number of ether oxygens (including phenoxy) is 1. The van der Waals surface area contributed by atoms with Crippen molar-refractivity contribution < 1.29 is 37.0 Å². The molecule has 0 spiro atoms. The lowest BCUT2D eigenvalue weighted by Gasteiger charge is -2.36. The number of alkyl halides is 3. The van der Waals surface area contributed by atoms with Gasteiger partial charge >= 0.3 is 18.2 Å². The summed E-state index contributed by atoms with van der Waals surface area (Å²) in [5.41, 5.74) is 1.00. The van der Waals surface area contributed by atoms with Crippen LogP contribution in [0, 0.1) is 17.7 Å². The fourth-order valence-electron chi connectivity index (χ4n) is 3.69. The molecule has 2 aliphatic heterocycles. The van der Waals surface area contributed by atoms with Gasteiger partial charge in [0.25, 0.3) is 0 Å². The normalized spacial score (nSPS) is 23.4. The number of nitrogens with zero attached hydrogens (tertiary/aromatic N) is 2. The van der Waals surface area contributed by atoms with Crippen molar-refractivity contribution in [2.45, 2.75) is 25.2 Å². The van der Waals surface area contributed by atoms with Crippen LogP contribution in [-0.4, -0.2) is 79.5 Å². The number of piperidine rings is 1. The molecule has 1 aromatic rings. The Bertz CT molecular complexity index is 760. The van der Waals surface area contributed by atoms with E-state index in [1.807, 2.05) is 6.07 Å². The summed E-state index contributed by atoms with van der Waals surface area (Å²) < 4.78 is 51.0. The number of nitrogens with one attached hydrogen (secondary N) is 1. The third-order valence-electron chi connectivity index (χ3n) is 5.29. The van der Waals surface area contributed by atoms with Crippen LogP contribution in [0.1, 0.15) is 12.0 Å². The van der Waals surface area contributed by atoms with Crippen LogP contribution in [0.5, 0.6) is 0 Å². The van der Waals surface area contributed by atoms with E-state index in [-0.39, 0.29) is 18.0 Å². The van der Waals surface area contributed by atoms with Gasteiger partial charge in [0.2, 0.25) is 0 Å². The van der Waals surface area contributed by atoms with Crippen molar-refractivity contribution in [2.75, 3.05) is 40.3 Å². The van der Waals surface area contributed by atoms with Gasteiger partial charge in [0.15, 0.2) is 0 Å². The second-order valence-electron chi connectivity index (χ2n) is 7.83. The number of urea groups is 1. The highest BCUT2D eigenvalue weighted by atomic mass is 19.4. The number of aliphatic carboxylic acids is 1. The number of carbonyl (C=O) groups is 2. The van der Waals surface area contributed by atoms with Crippen LogP contribution in [0.4, 0.5) is 22.4 Å². The van der Waals surface area contributed by atoms with Gasteiger partial charge in [0, 0.05) is 39.6 Å². The van der Waals surface area contributed by atoms with Crippen molar-refractivity contribution in [2.24, 2.45) is 11.8 Å². The second-order valence-corrected chi connectivity index (χ2v) is 7.83. The van der Waals surface area contributed by atoms with Crippen LogP contribution in [0.15, 0.2) is 24.3 Å². The molecule has 2 N–H and O–H groups in total. The highest BCUT2D eigenvalue weighted by molar-refractivity contribution is 5.73. The van der Waals surface area contributed by atoms with E-state index in [1.54, 1.807) is 26.2 Å². The lowest BCUT2D eigenvalue weighted by Crippen LogP contribution is -2.46. The second kappa shape index (κ2) is 10.8. The first kappa shape index (κ1) is 24.9. The molecule has 2 heterocycles. The first-order valence-corrected chi connectivity index (χ1v) is 9.81. The van der Waals surface area contributed by atoms with Gasteiger partial charge in [-0.15, -0.1) is 0 Å². The quantitative estimate of drug-likeness (QED) is 0.691. The highest BCUT2D eigenvalue weighted by Crippen LogP contribution is 2.34. The molecule has 0 aliphatic carbocycles. The molecule has 2 aliphatic rings. The fraction of sp³-hybridized carbons (Fsp3) is 0.600. The summed E-state index contributed by atoms with van der Waals surface area (Å²) in [4.78, 5) is 24.5. The van der Waals surface area contributed by atoms with E-state index in [1.165, 1.54) is 11.0 Å². The first-order valence-electron chi connectivity index (χ1n) is 9.81. The minimum Gasteiger partial charge on any atom is -0.475 e. The number of benzene rings is 1. The molecular formula is C20H27F4N3O4. The van der Waals surface area contributed by atoms with Crippen molar-refractivity contribution in [3.63, 3.8) is 0 Å². The zero-order valence-corrected chi connectivity index (χ0v) is 17.4. The smallest absolute Gasteiger partial charge is 0.475 e. The van der Waals surface area contributed by atoms with Gasteiger partial charge in [-0.3, -0.25) is 4.90 Å². The van der Waals surface area contributed by atoms with E-state index in [2.05, 4.69) is 10.2 Å². The Balaban J connectivity index is 0.000000423. The molecule has 2 fully saturated rings. The number of hydrogen-bond acceptors (Lipinski definition) is 4. The van der Waals surface area contributed by atoms with E-state index in [4.69, 9.17) is 14.6 Å². The maximum Gasteiger partial charge on any atom is 0.490 e. The van der Waals surface area contributed by atoms with Crippen LogP contribution < -0.4 is 5.32 Å². The highest BCUT2D eigenvalue weighted by Gasteiger charge is 2.41. The molecule has 3 rings (SSSR count). The Labute approximate surface area is 177 Å². The molecule has 0 bridgehead atoms. The topological polar surface area (TPSA) is 82.1 Å². The van der Waals surface area contributed by atoms with Crippen molar-refractivity contribution in [3.05, 3.63) is 35.6 Å². The van der Waals surface area contributed by atoms with E-state index < -0.39 is 12.1 Å². The summed E-state index contributed by atoms with van der Waals surface area (Å²) in [6, 6.07) is 6.72. The maximum absolute atomic E-state index is 13.4. The Hall–Kier alpha value is -2.40. The van der Waals surface area contributed by atoms with E-state index in [9.17, 15) is 22.4 Å². The third kappa shape index (κ3) is 7.66. The zero-order valence-electron chi connectivity index (χ0n) is 17.4. The number of hydrogen-bond donors (Lipinski definition) is 2. The average molecular weight is 449 g/mol. The molecule has 3 atom stereocenters. The number of likely N-dealkylation sites (tertiary alicyclic amines) is 1. The van der Waals surface area contributed by atoms with Crippen LogP contribution in [0.2, 0.25) is 0 Å². The summed E-state index contributed by atoms with van der Waals surface area (Å²) in [6.07, 6.45) is -3.92. The largest absolute Gasteiger partial charge is 0.490 e. The molecule has 2 amide bonds. The summed E-state index contributed by atoms with van der Waals surface area (Å²) >= 11 is 0. The number of carbonyl (C=O) groups excluding carboxylic acids is 1. The molecule has 11 heteroatoms. The number of rotatable bonds is 4. The summed E-state index contributed by atoms with van der Waals surface area (Å²) in [6.45, 7) is 4.03. The number of carboxylic acids is 1. The Kier molecular flexibility index (Phi) is 8.63. The molecule has 7 nitrogen and oxygen atoms in total. The minimum absolute atomic E-state index is 0.0641. The van der Waals surface area contributed by atoms with Gasteiger partial charge in [-0.1, -0.05) is 12.1 Å². The lowest BCUT2D eigenvalue weighted by atomic mass is 9.84. The Morgan fingerprint density at radius 2 is 2.00 bits per heavy atom. The van der Waals surface area contributed by atoms with Crippen molar-refractivity contribution in [1.82, 2.24) is 15.1 Å². The minimum atomic E-state index is -5.08. The molecule has 0 aromatic heterocycles. The predicted molar refractivity (Wildman–Crippen MR) is 104 cm³/mol. The van der Waals surface area contributed by atoms with Gasteiger partial charge in [-0.25, -0.2) is 14.0 Å². The number of amides is 2. The van der Waals surface area contributed by atoms with E-state index in [0.717, 1.165) is 38.2 Å². The van der Waals surface area contributed by atoms with Crippen LogP contribution in [0.3, 0.4) is 0 Å². The van der Waals surface area contributed by atoms with E-state index in [0.29, 0.717) is 18.4 Å². The summed E-state index contributed by atoms with van der Waals surface area (Å²) in [5.74, 6) is -1.95. The molecule has 0 unspecified atom stereocenters. The van der Waals surface area contributed by atoms with Gasteiger partial charge in [0.1, 0.15) is 5.82 Å². The molecule has 1 aromatic carbocycles. The van der Waals surface area contributed by atoms with Gasteiger partial charge in [-0.05, 0) is 36.6 Å². The zero-order chi connectivity index (χ0) is 23.2. The van der Waals surface area contributed by atoms with Gasteiger partial charge in [-0.2, -0.15) is 13.2 Å². The first-order chi connectivity index (χ1) is 14.5. The fourth-order valence-corrected chi connectivity index (χ4v) is 3.69. The standard InChI is InChI=1S/C18H26FN3O2.C2HF3O2/c1-21(2)18(23)20-9-17-16-11-22(7-6-14(16)12-24-17)10-13-4-3-5-15(19)8-13;3-2(4,5)1(6)7/h3-5,8,14,16-17H,6-7,9-12H2,1-2H3,(H,20,23);(H,6,7)/t14-,16-,17+;/m0./s1. The third-order valence-corrected chi connectivity index (χ3v) is 5.29. The van der Waals surface area contributed by atoms with Crippen molar-refractivity contribution in [1.29, 1.82) is 0 Å². The number of fused-ring (bicyclic) bond motifs is 1. The number of halogens is 4. The maximum atomic E-state index is 13.4. The SMILES string of the molecule is CN(C)C(=O)NC[C@H]1OC[C@@H]2CCN(Cc3cccc(F)c3)C[C@@H]21.O=C(O)C(F)(F)F. The van der Waals surface area contributed by atoms with E-state index >= 15 is 0 Å². The molecule has 2 saturated heterocycles. The Morgan fingerprint density at radius 3 is 2.58 bits per heavy atom. The molecule has 0 radical (unpaired) electrons. The van der Waals surface area contributed by atoms with Crippen LogP contribution >= 0.6 is 0 Å². The monoisotopic (exact) mass is 449 g/mol. The van der Waals surface area contributed by atoms with Crippen molar-refractivity contribution in [3.8, 4) is 0 Å². The van der Waals surface area contributed by atoms with Gasteiger partial charge < -0.3 is 20.1 Å². The Morgan fingerprint density at radius 1 is 1.32 bits per heavy atom. The van der Waals surface area contributed by atoms with Crippen molar-refractivity contribution >= 4 is 12.0 Å².